The first-order valence-corrected chi connectivity index (χ1v) is 7.16. The van der Waals surface area contributed by atoms with E-state index in [1.807, 2.05) is 7.05 Å². The van der Waals surface area contributed by atoms with Crippen LogP contribution in [0.25, 0.3) is 0 Å². The molecule has 104 valence electrons. The van der Waals surface area contributed by atoms with Crippen molar-refractivity contribution in [1.29, 1.82) is 0 Å². The Bertz CT molecular complexity index is 593. The SMILES string of the molecule is CNC(c1cccc(C2CCC2)c1)c1ccncc1F. The number of pyridine rings is 1. The summed E-state index contributed by atoms with van der Waals surface area (Å²) in [6, 6.07) is 10.1. The van der Waals surface area contributed by atoms with E-state index in [2.05, 4.69) is 34.6 Å². The molecular formula is C17H19FN2. The van der Waals surface area contributed by atoms with Crippen molar-refractivity contribution in [3.63, 3.8) is 0 Å². The zero-order valence-electron chi connectivity index (χ0n) is 11.6. The molecule has 1 aliphatic rings. The van der Waals surface area contributed by atoms with E-state index < -0.39 is 0 Å². The van der Waals surface area contributed by atoms with Crippen LogP contribution in [0.5, 0.6) is 0 Å². The second-order valence-corrected chi connectivity index (χ2v) is 5.42. The van der Waals surface area contributed by atoms with Crippen LogP contribution < -0.4 is 5.32 Å². The fourth-order valence-electron chi connectivity index (χ4n) is 2.86. The molecule has 1 fully saturated rings. The van der Waals surface area contributed by atoms with E-state index in [0.29, 0.717) is 11.5 Å². The molecule has 1 aromatic heterocycles. The van der Waals surface area contributed by atoms with Crippen LogP contribution in [0.15, 0.2) is 42.7 Å². The third-order valence-corrected chi connectivity index (χ3v) is 4.22. The maximum absolute atomic E-state index is 13.9. The summed E-state index contributed by atoms with van der Waals surface area (Å²) in [5.74, 6) is 0.427. The smallest absolute Gasteiger partial charge is 0.146 e. The van der Waals surface area contributed by atoms with Gasteiger partial charge in [0.25, 0.3) is 0 Å². The van der Waals surface area contributed by atoms with Crippen LogP contribution in [0.1, 0.15) is 47.9 Å². The number of hydrogen-bond acceptors (Lipinski definition) is 2. The molecule has 0 bridgehead atoms. The molecule has 0 aliphatic heterocycles. The summed E-state index contributed by atoms with van der Waals surface area (Å²) in [5.41, 5.74) is 3.14. The van der Waals surface area contributed by atoms with E-state index in [-0.39, 0.29) is 11.9 Å². The van der Waals surface area contributed by atoms with Crippen molar-refractivity contribution in [3.8, 4) is 0 Å². The van der Waals surface area contributed by atoms with Crippen molar-refractivity contribution in [2.75, 3.05) is 7.05 Å². The Morgan fingerprint density at radius 2 is 2.15 bits per heavy atom. The minimum atomic E-state index is -0.263. The molecular weight excluding hydrogens is 251 g/mol. The van der Waals surface area contributed by atoms with Crippen LogP contribution in [0.2, 0.25) is 0 Å². The predicted molar refractivity (Wildman–Crippen MR) is 78.1 cm³/mol. The maximum atomic E-state index is 13.9. The van der Waals surface area contributed by atoms with E-state index in [9.17, 15) is 4.39 Å². The number of halogens is 1. The lowest BCUT2D eigenvalue weighted by Gasteiger charge is -2.27. The molecule has 1 aliphatic carbocycles. The summed E-state index contributed by atoms with van der Waals surface area (Å²) >= 11 is 0. The molecule has 3 heteroatoms. The highest BCUT2D eigenvalue weighted by Crippen LogP contribution is 2.37. The molecule has 1 saturated carbocycles. The molecule has 1 unspecified atom stereocenters. The lowest BCUT2D eigenvalue weighted by atomic mass is 9.79. The van der Waals surface area contributed by atoms with Crippen molar-refractivity contribution in [1.82, 2.24) is 10.3 Å². The van der Waals surface area contributed by atoms with E-state index in [1.165, 1.54) is 31.0 Å². The standard InChI is InChI=1S/C17H19FN2/c1-19-17(15-8-9-20-11-16(15)18)14-7-3-6-13(10-14)12-4-2-5-12/h3,6-12,17,19H,2,4-5H2,1H3. The van der Waals surface area contributed by atoms with Gasteiger partial charge in [0, 0.05) is 11.8 Å². The monoisotopic (exact) mass is 270 g/mol. The predicted octanol–water partition coefficient (Wildman–Crippen LogP) is 3.80. The highest BCUT2D eigenvalue weighted by atomic mass is 19.1. The first-order valence-electron chi connectivity index (χ1n) is 7.16. The van der Waals surface area contributed by atoms with Crippen molar-refractivity contribution in [3.05, 3.63) is 65.2 Å². The minimum absolute atomic E-state index is 0.127. The van der Waals surface area contributed by atoms with Gasteiger partial charge in [0.15, 0.2) is 0 Å². The van der Waals surface area contributed by atoms with Crippen molar-refractivity contribution in [2.24, 2.45) is 0 Å². The zero-order chi connectivity index (χ0) is 13.9. The van der Waals surface area contributed by atoms with Gasteiger partial charge in [-0.2, -0.15) is 0 Å². The van der Waals surface area contributed by atoms with Gasteiger partial charge in [-0.25, -0.2) is 4.39 Å². The topological polar surface area (TPSA) is 24.9 Å². The molecule has 1 heterocycles. The second-order valence-electron chi connectivity index (χ2n) is 5.42. The summed E-state index contributed by atoms with van der Waals surface area (Å²) in [7, 11) is 1.86. The summed E-state index contributed by atoms with van der Waals surface area (Å²) in [4.78, 5) is 3.82. The molecule has 3 rings (SSSR count). The van der Waals surface area contributed by atoms with E-state index >= 15 is 0 Å². The van der Waals surface area contributed by atoms with Gasteiger partial charge in [-0.3, -0.25) is 4.98 Å². The first kappa shape index (κ1) is 13.3. The molecule has 20 heavy (non-hydrogen) atoms. The molecule has 0 radical (unpaired) electrons. The van der Waals surface area contributed by atoms with E-state index in [4.69, 9.17) is 0 Å². The number of rotatable bonds is 4. The summed E-state index contributed by atoms with van der Waals surface area (Å²) in [6.45, 7) is 0. The van der Waals surface area contributed by atoms with Gasteiger partial charge in [0.05, 0.1) is 12.2 Å². The van der Waals surface area contributed by atoms with Crippen LogP contribution in [-0.2, 0) is 0 Å². The Morgan fingerprint density at radius 3 is 2.80 bits per heavy atom. The molecule has 1 aromatic carbocycles. The van der Waals surface area contributed by atoms with Crippen LogP contribution in [0, 0.1) is 5.82 Å². The van der Waals surface area contributed by atoms with Crippen LogP contribution in [0.4, 0.5) is 4.39 Å². The lowest BCUT2D eigenvalue weighted by Crippen LogP contribution is -2.19. The summed E-state index contributed by atoms with van der Waals surface area (Å²) in [6.07, 6.45) is 6.78. The highest BCUT2D eigenvalue weighted by Gasteiger charge is 2.21. The van der Waals surface area contributed by atoms with Crippen LogP contribution in [0.3, 0.4) is 0 Å². The Balaban J connectivity index is 1.95. The summed E-state index contributed by atoms with van der Waals surface area (Å²) < 4.78 is 13.9. The number of nitrogens with one attached hydrogen (secondary N) is 1. The Hall–Kier alpha value is -1.74. The average Bonchev–Trinajstić information content (AvgIpc) is 2.40. The Labute approximate surface area is 119 Å². The quantitative estimate of drug-likeness (QED) is 0.914. The van der Waals surface area contributed by atoms with Gasteiger partial charge < -0.3 is 5.32 Å². The molecule has 0 spiro atoms. The highest BCUT2D eigenvalue weighted by molar-refractivity contribution is 5.35. The molecule has 2 nitrogen and oxygen atoms in total. The molecule has 1 atom stereocenters. The lowest BCUT2D eigenvalue weighted by molar-refractivity contribution is 0.419. The van der Waals surface area contributed by atoms with Crippen LogP contribution in [-0.4, -0.2) is 12.0 Å². The fourth-order valence-corrected chi connectivity index (χ4v) is 2.86. The first-order chi connectivity index (χ1) is 9.79. The second kappa shape index (κ2) is 5.71. The number of nitrogens with zero attached hydrogens (tertiary/aromatic N) is 1. The van der Waals surface area contributed by atoms with E-state index in [1.54, 1.807) is 12.3 Å². The third-order valence-electron chi connectivity index (χ3n) is 4.22. The fraction of sp³-hybridized carbons (Fsp3) is 0.353. The molecule has 2 aromatic rings. The maximum Gasteiger partial charge on any atom is 0.146 e. The summed E-state index contributed by atoms with van der Waals surface area (Å²) in [5, 5.41) is 3.21. The minimum Gasteiger partial charge on any atom is -0.309 e. The Kier molecular flexibility index (Phi) is 3.79. The number of benzene rings is 1. The Morgan fingerprint density at radius 1 is 1.30 bits per heavy atom. The van der Waals surface area contributed by atoms with Gasteiger partial charge in [-0.05, 0) is 43.0 Å². The third kappa shape index (κ3) is 2.46. The van der Waals surface area contributed by atoms with Crippen molar-refractivity contribution in [2.45, 2.75) is 31.2 Å². The molecule has 1 N–H and O–H groups in total. The largest absolute Gasteiger partial charge is 0.309 e. The van der Waals surface area contributed by atoms with Gasteiger partial charge >= 0.3 is 0 Å². The average molecular weight is 270 g/mol. The van der Waals surface area contributed by atoms with Gasteiger partial charge in [0.1, 0.15) is 5.82 Å². The van der Waals surface area contributed by atoms with Crippen LogP contribution >= 0.6 is 0 Å². The number of hydrogen-bond donors (Lipinski definition) is 1. The van der Waals surface area contributed by atoms with E-state index in [0.717, 1.165) is 5.56 Å². The van der Waals surface area contributed by atoms with Gasteiger partial charge in [0.2, 0.25) is 0 Å². The molecule has 0 amide bonds. The van der Waals surface area contributed by atoms with Crippen molar-refractivity contribution < 1.29 is 4.39 Å². The van der Waals surface area contributed by atoms with Gasteiger partial charge in [-0.1, -0.05) is 30.7 Å². The van der Waals surface area contributed by atoms with Gasteiger partial charge in [-0.15, -0.1) is 0 Å². The zero-order valence-corrected chi connectivity index (χ0v) is 11.6. The number of aromatic nitrogens is 1. The normalized spacial score (nSPS) is 16.7. The molecule has 0 saturated heterocycles. The van der Waals surface area contributed by atoms with Crippen molar-refractivity contribution >= 4 is 0 Å².